The number of hydrogen-bond acceptors (Lipinski definition) is 3. The van der Waals surface area contributed by atoms with E-state index in [9.17, 15) is 4.79 Å². The molecule has 0 amide bonds. The molecule has 0 unspecified atom stereocenters. The third-order valence-electron chi connectivity index (χ3n) is 2.27. The van der Waals surface area contributed by atoms with Gasteiger partial charge in [0.2, 0.25) is 11.5 Å². The first-order valence-electron chi connectivity index (χ1n) is 5.44. The summed E-state index contributed by atoms with van der Waals surface area (Å²) >= 11 is 3.27. The Morgan fingerprint density at radius 3 is 2.79 bits per heavy atom. The van der Waals surface area contributed by atoms with Crippen LogP contribution < -0.4 is 10.7 Å². The molecule has 0 aliphatic heterocycles. The lowest BCUT2D eigenvalue weighted by molar-refractivity contribution is -0.380. The van der Waals surface area contributed by atoms with Crippen LogP contribution in [0.5, 0.6) is 0 Å². The van der Waals surface area contributed by atoms with Gasteiger partial charge in [0.25, 0.3) is 0 Å². The molecule has 19 heavy (non-hydrogen) atoms. The molecule has 96 valence electrons. The van der Waals surface area contributed by atoms with Crippen LogP contribution in [0.3, 0.4) is 0 Å². The third-order valence-corrected chi connectivity index (χ3v) is 2.77. The van der Waals surface area contributed by atoms with E-state index in [1.165, 1.54) is 0 Å². The molecule has 0 aliphatic carbocycles. The summed E-state index contributed by atoms with van der Waals surface area (Å²) in [5.41, 5.74) is 6.65. The number of aromatic amines is 1. The van der Waals surface area contributed by atoms with Crippen molar-refractivity contribution in [1.29, 1.82) is 0 Å². The van der Waals surface area contributed by atoms with Gasteiger partial charge < -0.3 is 10.6 Å². The molecule has 0 saturated heterocycles. The standard InChI is InChI=1S/C13H10BrN3O2/c14-10-5-3-4-9(8-10)13(18)19-17-12(15)11-6-1-2-7-16-11/h1-8H,(H2,15,17)/p+1. The fourth-order valence-electron chi connectivity index (χ4n) is 1.36. The Labute approximate surface area is 118 Å². The number of aromatic nitrogens is 1. The van der Waals surface area contributed by atoms with E-state index in [0.29, 0.717) is 11.3 Å². The first-order valence-corrected chi connectivity index (χ1v) is 6.23. The van der Waals surface area contributed by atoms with Crippen LogP contribution in [-0.4, -0.2) is 11.8 Å². The molecule has 1 aromatic carbocycles. The molecular weight excluding hydrogens is 310 g/mol. The molecule has 3 N–H and O–H groups in total. The lowest BCUT2D eigenvalue weighted by Crippen LogP contribution is -2.24. The maximum Gasteiger partial charge on any atom is 0.365 e. The molecule has 0 atom stereocenters. The van der Waals surface area contributed by atoms with E-state index in [-0.39, 0.29) is 5.84 Å². The lowest BCUT2D eigenvalue weighted by atomic mass is 10.2. The maximum absolute atomic E-state index is 11.7. The van der Waals surface area contributed by atoms with E-state index in [4.69, 9.17) is 10.6 Å². The zero-order valence-electron chi connectivity index (χ0n) is 9.84. The molecule has 6 heteroatoms. The first-order chi connectivity index (χ1) is 9.16. The molecule has 0 aliphatic rings. The number of pyridine rings is 1. The average Bonchev–Trinajstić information content (AvgIpc) is 2.45. The van der Waals surface area contributed by atoms with Gasteiger partial charge in [0.1, 0.15) is 0 Å². The van der Waals surface area contributed by atoms with Crippen LogP contribution in [0.4, 0.5) is 0 Å². The zero-order valence-corrected chi connectivity index (χ0v) is 11.4. The summed E-state index contributed by atoms with van der Waals surface area (Å²) in [6.07, 6.45) is 1.70. The molecule has 1 aromatic heterocycles. The van der Waals surface area contributed by atoms with Crippen LogP contribution in [0, 0.1) is 0 Å². The number of amidine groups is 1. The molecule has 0 spiro atoms. The predicted molar refractivity (Wildman–Crippen MR) is 73.3 cm³/mol. The highest BCUT2D eigenvalue weighted by molar-refractivity contribution is 9.10. The summed E-state index contributed by atoms with van der Waals surface area (Å²) in [5, 5.41) is 3.60. The number of benzene rings is 1. The minimum absolute atomic E-state index is 0.101. The van der Waals surface area contributed by atoms with Crippen molar-refractivity contribution in [3.05, 3.63) is 64.4 Å². The van der Waals surface area contributed by atoms with Gasteiger partial charge in [0.05, 0.1) is 5.56 Å². The Morgan fingerprint density at radius 1 is 1.26 bits per heavy atom. The van der Waals surface area contributed by atoms with Gasteiger partial charge in [0.15, 0.2) is 6.20 Å². The van der Waals surface area contributed by atoms with Crippen LogP contribution in [0.1, 0.15) is 16.1 Å². The van der Waals surface area contributed by atoms with Gasteiger partial charge in [-0.2, -0.15) is 0 Å². The van der Waals surface area contributed by atoms with Crippen molar-refractivity contribution >= 4 is 27.7 Å². The summed E-state index contributed by atoms with van der Waals surface area (Å²) in [6, 6.07) is 12.2. The number of nitrogens with one attached hydrogen (secondary N) is 1. The summed E-state index contributed by atoms with van der Waals surface area (Å²) in [6.45, 7) is 0. The number of rotatable bonds is 3. The van der Waals surface area contributed by atoms with Gasteiger partial charge in [0, 0.05) is 16.6 Å². The van der Waals surface area contributed by atoms with Crippen LogP contribution in [-0.2, 0) is 4.84 Å². The minimum Gasteiger partial charge on any atom is -0.375 e. The van der Waals surface area contributed by atoms with Crippen molar-refractivity contribution in [2.24, 2.45) is 10.9 Å². The Morgan fingerprint density at radius 2 is 2.11 bits per heavy atom. The molecule has 0 bridgehead atoms. The topological polar surface area (TPSA) is 78.8 Å². The molecule has 1 heterocycles. The smallest absolute Gasteiger partial charge is 0.365 e. The Hall–Kier alpha value is -2.21. The van der Waals surface area contributed by atoms with Crippen molar-refractivity contribution in [3.63, 3.8) is 0 Å². The second-order valence-corrected chi connectivity index (χ2v) is 4.56. The zero-order chi connectivity index (χ0) is 13.7. The number of H-pyrrole nitrogens is 1. The predicted octanol–water partition coefficient (Wildman–Crippen LogP) is 1.74. The van der Waals surface area contributed by atoms with Crippen molar-refractivity contribution < 1.29 is 14.6 Å². The number of halogens is 1. The third kappa shape index (κ3) is 3.62. The second-order valence-electron chi connectivity index (χ2n) is 3.64. The highest BCUT2D eigenvalue weighted by atomic mass is 79.9. The van der Waals surface area contributed by atoms with E-state index in [1.54, 1.807) is 36.5 Å². The van der Waals surface area contributed by atoms with Crippen LogP contribution in [0.2, 0.25) is 0 Å². The summed E-state index contributed by atoms with van der Waals surface area (Å²) < 4.78 is 0.787. The summed E-state index contributed by atoms with van der Waals surface area (Å²) in [4.78, 5) is 19.4. The Balaban J connectivity index is 2.08. The van der Waals surface area contributed by atoms with Crippen LogP contribution in [0.25, 0.3) is 0 Å². The number of nitrogens with two attached hydrogens (primary N) is 1. The largest absolute Gasteiger partial charge is 0.375 e. The van der Waals surface area contributed by atoms with Crippen LogP contribution in [0.15, 0.2) is 58.3 Å². The van der Waals surface area contributed by atoms with Gasteiger partial charge in [-0.1, -0.05) is 27.2 Å². The quantitative estimate of drug-likeness (QED) is 0.405. The maximum atomic E-state index is 11.7. The van der Waals surface area contributed by atoms with E-state index in [2.05, 4.69) is 26.1 Å². The van der Waals surface area contributed by atoms with Crippen molar-refractivity contribution in [3.8, 4) is 0 Å². The molecule has 0 saturated carbocycles. The van der Waals surface area contributed by atoms with Gasteiger partial charge >= 0.3 is 5.97 Å². The van der Waals surface area contributed by atoms with Crippen LogP contribution >= 0.6 is 15.9 Å². The van der Waals surface area contributed by atoms with E-state index >= 15 is 0 Å². The number of nitrogens with zero attached hydrogens (tertiary/aromatic N) is 1. The van der Waals surface area contributed by atoms with Gasteiger partial charge in [-0.3, -0.25) is 0 Å². The van der Waals surface area contributed by atoms with Crippen molar-refractivity contribution in [2.45, 2.75) is 0 Å². The second kappa shape index (κ2) is 6.10. The SMILES string of the molecule is NC(=NOC(=O)c1cccc(Br)c1)c1cccc[nH+]1. The average molecular weight is 321 g/mol. The van der Waals surface area contributed by atoms with Crippen molar-refractivity contribution in [2.75, 3.05) is 0 Å². The minimum atomic E-state index is -0.569. The van der Waals surface area contributed by atoms with Gasteiger partial charge in [-0.25, -0.2) is 9.78 Å². The number of carbonyl (C=O) groups excluding carboxylic acids is 1. The number of hydrogen-bond donors (Lipinski definition) is 1. The highest BCUT2D eigenvalue weighted by Gasteiger charge is 2.10. The summed E-state index contributed by atoms with van der Waals surface area (Å²) in [7, 11) is 0. The fraction of sp³-hybridized carbons (Fsp3) is 0. The van der Waals surface area contributed by atoms with E-state index in [1.807, 2.05) is 12.1 Å². The normalized spacial score (nSPS) is 11.1. The van der Waals surface area contributed by atoms with Gasteiger partial charge in [-0.05, 0) is 24.3 Å². The molecule has 2 rings (SSSR count). The Kier molecular flexibility index (Phi) is 4.25. The molecule has 0 radical (unpaired) electrons. The van der Waals surface area contributed by atoms with E-state index in [0.717, 1.165) is 4.47 Å². The number of oxime groups is 1. The summed E-state index contributed by atoms with van der Waals surface area (Å²) in [5.74, 6) is -0.468. The van der Waals surface area contributed by atoms with Gasteiger partial charge in [-0.15, -0.1) is 0 Å². The van der Waals surface area contributed by atoms with Crippen molar-refractivity contribution in [1.82, 2.24) is 0 Å². The lowest BCUT2D eigenvalue weighted by Gasteiger charge is -1.99. The molecular formula is C13H11BrN3O2+. The molecule has 0 fully saturated rings. The number of carbonyl (C=O) groups is 1. The highest BCUT2D eigenvalue weighted by Crippen LogP contribution is 2.12. The molecule has 5 nitrogen and oxygen atoms in total. The monoisotopic (exact) mass is 320 g/mol. The molecule has 2 aromatic rings. The first kappa shape index (κ1) is 13.2. The Bertz CT molecular complexity index is 614. The fourth-order valence-corrected chi connectivity index (χ4v) is 1.76. The van der Waals surface area contributed by atoms with E-state index < -0.39 is 5.97 Å².